The third-order valence-corrected chi connectivity index (χ3v) is 4.57. The summed E-state index contributed by atoms with van der Waals surface area (Å²) in [6.07, 6.45) is 6.78. The second-order valence-corrected chi connectivity index (χ2v) is 6.62. The van der Waals surface area contributed by atoms with Gasteiger partial charge in [0.1, 0.15) is 18.2 Å². The highest BCUT2D eigenvalue weighted by Gasteiger charge is 2.10. The Morgan fingerprint density at radius 2 is 1.63 bits per heavy atom. The lowest BCUT2D eigenvalue weighted by molar-refractivity contribution is 0.327. The molecule has 0 saturated carbocycles. The first-order valence-corrected chi connectivity index (χ1v) is 9.82. The van der Waals surface area contributed by atoms with Crippen LogP contribution in [0.2, 0.25) is 0 Å². The predicted molar refractivity (Wildman–Crippen MR) is 113 cm³/mol. The van der Waals surface area contributed by atoms with Gasteiger partial charge in [0.25, 0.3) is 0 Å². The molecule has 3 heteroatoms. The number of aromatic nitrogens is 1. The Bertz CT molecular complexity index is 733. The molecular weight excluding hydrogens is 332 g/mol. The number of unbranched alkanes of at least 4 members (excludes halogenated alkanes) is 2. The van der Waals surface area contributed by atoms with Crippen LogP contribution in [-0.2, 0) is 6.42 Å². The average molecular weight is 361 g/mol. The summed E-state index contributed by atoms with van der Waals surface area (Å²) in [6.45, 7) is 3.57. The summed E-state index contributed by atoms with van der Waals surface area (Å²) in [5.74, 6) is 1.85. The zero-order valence-corrected chi connectivity index (χ0v) is 16.1. The minimum absolute atomic E-state index is 0.598. The summed E-state index contributed by atoms with van der Waals surface area (Å²) in [5, 5.41) is 0. The molecule has 0 unspecified atom stereocenters. The number of para-hydroxylation sites is 1. The minimum atomic E-state index is 0.598. The molecule has 0 aliphatic heterocycles. The fraction of sp³-hybridized carbons (Fsp3) is 0.292. The monoisotopic (exact) mass is 360 g/mol. The summed E-state index contributed by atoms with van der Waals surface area (Å²) < 4.78 is 5.99. The number of nitrogens with zero attached hydrogens (tertiary/aromatic N) is 2. The number of hydrogen-bond donors (Lipinski definition) is 0. The number of aryl methyl sites for hydroxylation is 1. The third-order valence-electron chi connectivity index (χ3n) is 4.57. The van der Waals surface area contributed by atoms with Gasteiger partial charge in [-0.1, -0.05) is 56.2 Å². The van der Waals surface area contributed by atoms with Gasteiger partial charge < -0.3 is 9.64 Å². The fourth-order valence-electron chi connectivity index (χ4n) is 3.08. The second kappa shape index (κ2) is 10.4. The van der Waals surface area contributed by atoms with Crippen molar-refractivity contribution in [3.05, 3.63) is 84.6 Å². The van der Waals surface area contributed by atoms with Crippen molar-refractivity contribution >= 4 is 11.5 Å². The first kappa shape index (κ1) is 19.0. The highest BCUT2D eigenvalue weighted by Crippen LogP contribution is 2.22. The zero-order chi connectivity index (χ0) is 18.7. The van der Waals surface area contributed by atoms with Crippen LogP contribution in [-0.4, -0.2) is 18.1 Å². The minimum Gasteiger partial charge on any atom is -0.492 e. The van der Waals surface area contributed by atoms with E-state index in [0.717, 1.165) is 30.2 Å². The van der Waals surface area contributed by atoms with E-state index in [2.05, 4.69) is 53.2 Å². The molecule has 140 valence electrons. The van der Waals surface area contributed by atoms with Crippen molar-refractivity contribution < 1.29 is 4.74 Å². The molecule has 0 saturated heterocycles. The summed E-state index contributed by atoms with van der Waals surface area (Å²) in [5.41, 5.74) is 2.50. The van der Waals surface area contributed by atoms with Crippen LogP contribution < -0.4 is 9.64 Å². The molecule has 0 aliphatic rings. The maximum Gasteiger partial charge on any atom is 0.133 e. The lowest BCUT2D eigenvalue weighted by Crippen LogP contribution is -2.24. The number of anilines is 2. The quantitative estimate of drug-likeness (QED) is 0.413. The molecule has 1 aromatic heterocycles. The van der Waals surface area contributed by atoms with Gasteiger partial charge in [-0.05, 0) is 54.8 Å². The van der Waals surface area contributed by atoms with Crippen LogP contribution in [0, 0.1) is 0 Å². The fourth-order valence-corrected chi connectivity index (χ4v) is 3.08. The van der Waals surface area contributed by atoms with E-state index in [0.29, 0.717) is 6.61 Å². The van der Waals surface area contributed by atoms with Crippen LogP contribution >= 0.6 is 0 Å². The van der Waals surface area contributed by atoms with E-state index in [1.807, 2.05) is 42.6 Å². The summed E-state index contributed by atoms with van der Waals surface area (Å²) in [6, 6.07) is 24.8. The molecule has 0 atom stereocenters. The largest absolute Gasteiger partial charge is 0.492 e. The molecule has 0 fully saturated rings. The standard InChI is InChI=1S/C24H28N2O/c1-2-3-5-10-21-14-16-23(17-15-21)27-20-19-26(22-11-6-4-7-12-22)24-13-8-9-18-25-24/h4,6-9,11-18H,2-3,5,10,19-20H2,1H3. The maximum absolute atomic E-state index is 5.99. The Morgan fingerprint density at radius 3 is 2.33 bits per heavy atom. The van der Waals surface area contributed by atoms with Gasteiger partial charge in [0.05, 0.1) is 6.54 Å². The second-order valence-electron chi connectivity index (χ2n) is 6.62. The van der Waals surface area contributed by atoms with E-state index < -0.39 is 0 Å². The molecule has 1 heterocycles. The third kappa shape index (κ3) is 5.85. The van der Waals surface area contributed by atoms with Crippen molar-refractivity contribution in [1.29, 1.82) is 0 Å². The van der Waals surface area contributed by atoms with Crippen LogP contribution in [0.15, 0.2) is 79.0 Å². The van der Waals surface area contributed by atoms with Crippen LogP contribution in [0.25, 0.3) is 0 Å². The molecule has 0 spiro atoms. The van der Waals surface area contributed by atoms with E-state index in [4.69, 9.17) is 4.74 Å². The van der Waals surface area contributed by atoms with Gasteiger partial charge in [-0.3, -0.25) is 0 Å². The Balaban J connectivity index is 1.58. The molecule has 0 amide bonds. The molecule has 0 aliphatic carbocycles. The molecule has 0 bridgehead atoms. The van der Waals surface area contributed by atoms with Gasteiger partial charge in [0.2, 0.25) is 0 Å². The molecule has 3 aromatic rings. The van der Waals surface area contributed by atoms with E-state index in [1.54, 1.807) is 0 Å². The number of benzene rings is 2. The normalized spacial score (nSPS) is 10.6. The number of ether oxygens (including phenoxy) is 1. The first-order valence-electron chi connectivity index (χ1n) is 9.82. The lowest BCUT2D eigenvalue weighted by atomic mass is 10.1. The van der Waals surface area contributed by atoms with Crippen molar-refractivity contribution in [3.63, 3.8) is 0 Å². The van der Waals surface area contributed by atoms with Gasteiger partial charge >= 0.3 is 0 Å². The molecular formula is C24H28N2O. The van der Waals surface area contributed by atoms with Gasteiger partial charge in [0, 0.05) is 11.9 Å². The number of hydrogen-bond acceptors (Lipinski definition) is 3. The lowest BCUT2D eigenvalue weighted by Gasteiger charge is -2.23. The number of rotatable bonds is 10. The maximum atomic E-state index is 5.99. The topological polar surface area (TPSA) is 25.4 Å². The van der Waals surface area contributed by atoms with Crippen LogP contribution in [0.5, 0.6) is 5.75 Å². The van der Waals surface area contributed by atoms with Crippen molar-refractivity contribution in [3.8, 4) is 5.75 Å². The van der Waals surface area contributed by atoms with Gasteiger partial charge in [0.15, 0.2) is 0 Å². The van der Waals surface area contributed by atoms with Gasteiger partial charge in [-0.2, -0.15) is 0 Å². The average Bonchev–Trinajstić information content (AvgIpc) is 2.74. The molecule has 27 heavy (non-hydrogen) atoms. The van der Waals surface area contributed by atoms with Gasteiger partial charge in [-0.15, -0.1) is 0 Å². The van der Waals surface area contributed by atoms with Crippen molar-refractivity contribution in [1.82, 2.24) is 4.98 Å². The van der Waals surface area contributed by atoms with Crippen LogP contribution in [0.3, 0.4) is 0 Å². The van der Waals surface area contributed by atoms with Crippen molar-refractivity contribution in [2.75, 3.05) is 18.1 Å². The molecule has 0 radical (unpaired) electrons. The SMILES string of the molecule is CCCCCc1ccc(OCCN(c2ccccc2)c2ccccn2)cc1. The Hall–Kier alpha value is -2.81. The first-order chi connectivity index (χ1) is 13.4. The smallest absolute Gasteiger partial charge is 0.133 e. The van der Waals surface area contributed by atoms with Crippen molar-refractivity contribution in [2.24, 2.45) is 0 Å². The van der Waals surface area contributed by atoms with E-state index in [9.17, 15) is 0 Å². The van der Waals surface area contributed by atoms with E-state index in [1.165, 1.54) is 24.8 Å². The predicted octanol–water partition coefficient (Wildman–Crippen LogP) is 6.03. The molecule has 3 nitrogen and oxygen atoms in total. The Kier molecular flexibility index (Phi) is 7.28. The Morgan fingerprint density at radius 1 is 0.852 bits per heavy atom. The highest BCUT2D eigenvalue weighted by molar-refractivity contribution is 5.59. The summed E-state index contributed by atoms with van der Waals surface area (Å²) in [7, 11) is 0. The van der Waals surface area contributed by atoms with Crippen molar-refractivity contribution in [2.45, 2.75) is 32.6 Å². The molecule has 2 aromatic carbocycles. The van der Waals surface area contributed by atoms with Crippen LogP contribution in [0.1, 0.15) is 31.7 Å². The highest BCUT2D eigenvalue weighted by atomic mass is 16.5. The zero-order valence-electron chi connectivity index (χ0n) is 16.1. The summed E-state index contributed by atoms with van der Waals surface area (Å²) >= 11 is 0. The molecule has 3 rings (SSSR count). The van der Waals surface area contributed by atoms with E-state index >= 15 is 0 Å². The number of pyridine rings is 1. The van der Waals surface area contributed by atoms with Crippen LogP contribution in [0.4, 0.5) is 11.5 Å². The summed E-state index contributed by atoms with van der Waals surface area (Å²) in [4.78, 5) is 6.68. The van der Waals surface area contributed by atoms with Gasteiger partial charge in [-0.25, -0.2) is 4.98 Å². The van der Waals surface area contributed by atoms with E-state index in [-0.39, 0.29) is 0 Å². The molecule has 0 N–H and O–H groups in total. The Labute approximate surface area is 162 Å².